The fraction of sp³-hybridized carbons (Fsp3) is 0.929. The van der Waals surface area contributed by atoms with Crippen LogP contribution in [0.25, 0.3) is 0 Å². The van der Waals surface area contributed by atoms with Crippen molar-refractivity contribution in [3.63, 3.8) is 0 Å². The summed E-state index contributed by atoms with van der Waals surface area (Å²) in [5, 5.41) is 3.46. The molecule has 0 spiro atoms. The average Bonchev–Trinajstić information content (AvgIpc) is 3.14. The molecule has 0 aromatic rings. The third-order valence-corrected chi connectivity index (χ3v) is 4.15. The molecule has 2 aliphatic rings. The molecule has 0 radical (unpaired) electrons. The number of nitrogens with one attached hydrogen (secondary N) is 1. The lowest BCUT2D eigenvalue weighted by molar-refractivity contribution is -0.149. The quantitative estimate of drug-likeness (QED) is 0.753. The zero-order chi connectivity index (χ0) is 13.2. The van der Waals surface area contributed by atoms with Gasteiger partial charge in [-0.2, -0.15) is 0 Å². The Bertz CT molecular complexity index is 296. The molecule has 18 heavy (non-hydrogen) atoms. The number of rotatable bonds is 5. The van der Waals surface area contributed by atoms with Gasteiger partial charge in [0, 0.05) is 12.6 Å². The van der Waals surface area contributed by atoms with Gasteiger partial charge in [-0.05, 0) is 51.6 Å². The Morgan fingerprint density at radius 1 is 1.33 bits per heavy atom. The molecule has 4 heteroatoms. The summed E-state index contributed by atoms with van der Waals surface area (Å²) in [5.74, 6) is 0.690. The van der Waals surface area contributed by atoms with Crippen molar-refractivity contribution in [2.45, 2.75) is 51.1 Å². The molecule has 1 heterocycles. The van der Waals surface area contributed by atoms with E-state index in [2.05, 4.69) is 17.1 Å². The summed E-state index contributed by atoms with van der Waals surface area (Å²) >= 11 is 0. The van der Waals surface area contributed by atoms with Crippen LogP contribution < -0.4 is 5.32 Å². The number of nitrogens with zero attached hydrogens (tertiary/aromatic N) is 1. The molecule has 2 fully saturated rings. The Hall–Kier alpha value is -0.610. The lowest BCUT2D eigenvalue weighted by atomic mass is 9.95. The van der Waals surface area contributed by atoms with Gasteiger partial charge in [-0.3, -0.25) is 10.1 Å². The largest absolute Gasteiger partial charge is 0.468 e. The summed E-state index contributed by atoms with van der Waals surface area (Å²) in [6.45, 7) is 7.25. The molecule has 1 N–H and O–H groups in total. The van der Waals surface area contributed by atoms with E-state index in [1.165, 1.54) is 32.8 Å². The Balaban J connectivity index is 1.93. The summed E-state index contributed by atoms with van der Waals surface area (Å²) in [4.78, 5) is 14.4. The van der Waals surface area contributed by atoms with E-state index < -0.39 is 5.54 Å². The van der Waals surface area contributed by atoms with Crippen LogP contribution in [0.4, 0.5) is 0 Å². The van der Waals surface area contributed by atoms with E-state index in [4.69, 9.17) is 4.74 Å². The SMILES string of the molecule is COC(=O)C(C)(CN1CCC(C)CC1)NC1CC1. The van der Waals surface area contributed by atoms with Gasteiger partial charge in [0.2, 0.25) is 0 Å². The van der Waals surface area contributed by atoms with Gasteiger partial charge >= 0.3 is 5.97 Å². The molecule has 1 aliphatic heterocycles. The molecule has 2 rings (SSSR count). The van der Waals surface area contributed by atoms with Crippen LogP contribution in [0.15, 0.2) is 0 Å². The molecule has 104 valence electrons. The van der Waals surface area contributed by atoms with Crippen LogP contribution in [0.3, 0.4) is 0 Å². The van der Waals surface area contributed by atoms with E-state index in [0.29, 0.717) is 6.04 Å². The second-order valence-corrected chi connectivity index (χ2v) is 6.20. The van der Waals surface area contributed by atoms with Gasteiger partial charge in [-0.25, -0.2) is 0 Å². The van der Waals surface area contributed by atoms with Gasteiger partial charge in [0.25, 0.3) is 0 Å². The van der Waals surface area contributed by atoms with E-state index in [1.54, 1.807) is 0 Å². The number of hydrogen-bond acceptors (Lipinski definition) is 4. The van der Waals surface area contributed by atoms with E-state index in [-0.39, 0.29) is 5.97 Å². The van der Waals surface area contributed by atoms with E-state index >= 15 is 0 Å². The third kappa shape index (κ3) is 3.45. The summed E-state index contributed by atoms with van der Waals surface area (Å²) < 4.78 is 4.98. The number of carbonyl (C=O) groups is 1. The van der Waals surface area contributed by atoms with Gasteiger partial charge in [0.15, 0.2) is 0 Å². The van der Waals surface area contributed by atoms with Crippen LogP contribution in [-0.4, -0.2) is 49.2 Å². The predicted molar refractivity (Wildman–Crippen MR) is 71.4 cm³/mol. The standard InChI is InChI=1S/C14H26N2O2/c1-11-6-8-16(9-7-11)10-14(2,13(17)18-3)15-12-4-5-12/h11-12,15H,4-10H2,1-3H3. The number of piperidine rings is 1. The number of carbonyl (C=O) groups excluding carboxylic acids is 1. The summed E-state index contributed by atoms with van der Waals surface area (Å²) in [6, 6.07) is 0.512. The van der Waals surface area contributed by atoms with Crippen molar-refractivity contribution in [3.05, 3.63) is 0 Å². The first-order chi connectivity index (χ1) is 8.53. The van der Waals surface area contributed by atoms with Crippen molar-refractivity contribution in [1.29, 1.82) is 0 Å². The first-order valence-electron chi connectivity index (χ1n) is 7.12. The molecular formula is C14H26N2O2. The van der Waals surface area contributed by atoms with Gasteiger partial charge in [-0.1, -0.05) is 6.92 Å². The summed E-state index contributed by atoms with van der Waals surface area (Å²) in [6.07, 6.45) is 4.84. The molecule has 1 saturated carbocycles. The van der Waals surface area contributed by atoms with E-state index in [0.717, 1.165) is 25.6 Å². The lowest BCUT2D eigenvalue weighted by Gasteiger charge is -2.37. The van der Waals surface area contributed by atoms with Crippen molar-refractivity contribution >= 4 is 5.97 Å². The number of esters is 1. The Kier molecular flexibility index (Phi) is 4.28. The summed E-state index contributed by atoms with van der Waals surface area (Å²) in [7, 11) is 1.48. The van der Waals surface area contributed by atoms with Crippen LogP contribution in [0.1, 0.15) is 39.5 Å². The maximum absolute atomic E-state index is 12.0. The molecular weight excluding hydrogens is 228 g/mol. The fourth-order valence-corrected chi connectivity index (χ4v) is 2.74. The highest BCUT2D eigenvalue weighted by atomic mass is 16.5. The van der Waals surface area contributed by atoms with E-state index in [9.17, 15) is 4.79 Å². The maximum Gasteiger partial charge on any atom is 0.327 e. The Labute approximate surface area is 110 Å². The number of ether oxygens (including phenoxy) is 1. The van der Waals surface area contributed by atoms with Gasteiger partial charge in [0.1, 0.15) is 5.54 Å². The second-order valence-electron chi connectivity index (χ2n) is 6.20. The van der Waals surface area contributed by atoms with Gasteiger partial charge in [0.05, 0.1) is 7.11 Å². The molecule has 4 nitrogen and oxygen atoms in total. The number of methoxy groups -OCH3 is 1. The topological polar surface area (TPSA) is 41.6 Å². The van der Waals surface area contributed by atoms with Crippen LogP contribution >= 0.6 is 0 Å². The lowest BCUT2D eigenvalue weighted by Crippen LogP contribution is -2.59. The molecule has 1 saturated heterocycles. The van der Waals surface area contributed by atoms with Gasteiger partial charge in [-0.15, -0.1) is 0 Å². The first-order valence-corrected chi connectivity index (χ1v) is 7.12. The second kappa shape index (κ2) is 5.57. The normalized spacial score (nSPS) is 25.7. The monoisotopic (exact) mass is 254 g/mol. The van der Waals surface area contributed by atoms with Crippen molar-refractivity contribution in [2.75, 3.05) is 26.7 Å². The van der Waals surface area contributed by atoms with Crippen molar-refractivity contribution in [1.82, 2.24) is 10.2 Å². The number of likely N-dealkylation sites (tertiary alicyclic amines) is 1. The number of hydrogen-bond donors (Lipinski definition) is 1. The highest BCUT2D eigenvalue weighted by molar-refractivity contribution is 5.80. The molecule has 1 unspecified atom stereocenters. The molecule has 0 aromatic carbocycles. The van der Waals surface area contributed by atoms with Crippen LogP contribution in [-0.2, 0) is 9.53 Å². The van der Waals surface area contributed by atoms with Crippen molar-refractivity contribution < 1.29 is 9.53 Å². The maximum atomic E-state index is 12.0. The van der Waals surface area contributed by atoms with E-state index in [1.807, 2.05) is 6.92 Å². The molecule has 1 aliphatic carbocycles. The minimum absolute atomic E-state index is 0.131. The minimum Gasteiger partial charge on any atom is -0.468 e. The smallest absolute Gasteiger partial charge is 0.327 e. The average molecular weight is 254 g/mol. The Morgan fingerprint density at radius 2 is 1.94 bits per heavy atom. The first kappa shape index (κ1) is 13.8. The van der Waals surface area contributed by atoms with Crippen LogP contribution in [0.2, 0.25) is 0 Å². The molecule has 1 atom stereocenters. The van der Waals surface area contributed by atoms with Crippen LogP contribution in [0, 0.1) is 5.92 Å². The Morgan fingerprint density at radius 3 is 2.44 bits per heavy atom. The minimum atomic E-state index is -0.545. The summed E-state index contributed by atoms with van der Waals surface area (Å²) in [5.41, 5.74) is -0.545. The van der Waals surface area contributed by atoms with Crippen molar-refractivity contribution in [2.24, 2.45) is 5.92 Å². The molecule has 0 aromatic heterocycles. The highest BCUT2D eigenvalue weighted by Crippen LogP contribution is 2.25. The zero-order valence-electron chi connectivity index (χ0n) is 11.9. The van der Waals surface area contributed by atoms with Crippen molar-refractivity contribution in [3.8, 4) is 0 Å². The highest BCUT2D eigenvalue weighted by Gasteiger charge is 2.41. The molecule has 0 bridgehead atoms. The van der Waals surface area contributed by atoms with Crippen LogP contribution in [0.5, 0.6) is 0 Å². The third-order valence-electron chi connectivity index (χ3n) is 4.15. The fourth-order valence-electron chi connectivity index (χ4n) is 2.74. The molecule has 0 amide bonds. The zero-order valence-corrected chi connectivity index (χ0v) is 11.9. The van der Waals surface area contributed by atoms with Gasteiger partial charge < -0.3 is 9.64 Å². The predicted octanol–water partition coefficient (Wildman–Crippen LogP) is 1.40.